The van der Waals surface area contributed by atoms with Gasteiger partial charge in [0.2, 0.25) is 0 Å². The van der Waals surface area contributed by atoms with Crippen molar-refractivity contribution in [3.63, 3.8) is 0 Å². The number of ether oxygens (including phenoxy) is 1. The first-order valence-corrected chi connectivity index (χ1v) is 9.67. The van der Waals surface area contributed by atoms with Gasteiger partial charge in [0.25, 0.3) is 0 Å². The maximum atomic E-state index is 13.9. The van der Waals surface area contributed by atoms with Crippen molar-refractivity contribution in [1.29, 1.82) is 0 Å². The minimum absolute atomic E-state index is 0.0224. The van der Waals surface area contributed by atoms with Crippen LogP contribution in [0.2, 0.25) is 5.02 Å². The van der Waals surface area contributed by atoms with E-state index in [1.54, 1.807) is 25.6 Å². The topological polar surface area (TPSA) is 64.3 Å². The van der Waals surface area contributed by atoms with Gasteiger partial charge in [0.1, 0.15) is 17.4 Å². The molecule has 0 radical (unpaired) electrons. The van der Waals surface area contributed by atoms with Crippen LogP contribution >= 0.6 is 11.6 Å². The fourth-order valence-corrected chi connectivity index (χ4v) is 3.49. The average Bonchev–Trinajstić information content (AvgIpc) is 2.76. The molecule has 2 aromatic carbocycles. The third kappa shape index (κ3) is 4.00. The summed E-state index contributed by atoms with van der Waals surface area (Å²) in [5.74, 6) is 1.07. The number of rotatable bonds is 5. The summed E-state index contributed by atoms with van der Waals surface area (Å²) in [7, 11) is 3.62. The fourth-order valence-electron chi connectivity index (χ4n) is 3.27. The molecule has 0 amide bonds. The summed E-state index contributed by atoms with van der Waals surface area (Å²) in [5, 5.41) is 0.849. The Kier molecular flexibility index (Phi) is 5.42. The smallest absolute Gasteiger partial charge is 0.144 e. The predicted octanol–water partition coefficient (Wildman–Crippen LogP) is 5.32. The second-order valence-corrected chi connectivity index (χ2v) is 7.41. The molecule has 7 heteroatoms. The van der Waals surface area contributed by atoms with Gasteiger partial charge in [0.05, 0.1) is 17.6 Å². The van der Waals surface area contributed by atoms with Crippen LogP contribution < -0.4 is 15.4 Å². The molecule has 0 aliphatic carbocycles. The molecule has 0 aliphatic heterocycles. The van der Waals surface area contributed by atoms with E-state index in [4.69, 9.17) is 22.1 Å². The maximum Gasteiger partial charge on any atom is 0.144 e. The highest BCUT2D eigenvalue weighted by atomic mass is 35.5. The standard InChI is InChI=1S/C23H20ClFN4O/c1-29(13-14-3-5-18(30-2)6-4-14)22-10-21-16(12-28-22)7-15(11-27-21)19-8-17(26)9-20(25)23(19)24/h3-12H,13,26H2,1-2H3. The molecule has 30 heavy (non-hydrogen) atoms. The number of benzene rings is 2. The molecule has 0 aliphatic rings. The molecule has 0 atom stereocenters. The van der Waals surface area contributed by atoms with Gasteiger partial charge in [-0.15, -0.1) is 0 Å². The largest absolute Gasteiger partial charge is 0.497 e. The summed E-state index contributed by atoms with van der Waals surface area (Å²) < 4.78 is 19.1. The number of anilines is 2. The zero-order chi connectivity index (χ0) is 21.3. The molecule has 2 aromatic heterocycles. The van der Waals surface area contributed by atoms with Gasteiger partial charge in [-0.2, -0.15) is 0 Å². The molecule has 0 saturated heterocycles. The van der Waals surface area contributed by atoms with Crippen molar-refractivity contribution in [2.75, 3.05) is 24.8 Å². The monoisotopic (exact) mass is 422 g/mol. The number of hydrogen-bond acceptors (Lipinski definition) is 5. The van der Waals surface area contributed by atoms with Crippen LogP contribution in [0.3, 0.4) is 0 Å². The van der Waals surface area contributed by atoms with E-state index in [0.717, 1.165) is 28.0 Å². The minimum atomic E-state index is -0.555. The number of nitrogens with two attached hydrogens (primary N) is 1. The van der Waals surface area contributed by atoms with Crippen molar-refractivity contribution >= 4 is 34.0 Å². The van der Waals surface area contributed by atoms with E-state index in [-0.39, 0.29) is 5.02 Å². The Morgan fingerprint density at radius 3 is 2.57 bits per heavy atom. The van der Waals surface area contributed by atoms with Gasteiger partial charge in [0, 0.05) is 54.3 Å². The molecule has 2 N–H and O–H groups in total. The summed E-state index contributed by atoms with van der Waals surface area (Å²) in [6.45, 7) is 0.693. The fraction of sp³-hybridized carbons (Fsp3) is 0.130. The number of halogens is 2. The lowest BCUT2D eigenvalue weighted by atomic mass is 10.0. The van der Waals surface area contributed by atoms with Crippen LogP contribution in [-0.2, 0) is 6.54 Å². The molecule has 0 saturated carbocycles. The van der Waals surface area contributed by atoms with Crippen molar-refractivity contribution < 1.29 is 9.13 Å². The predicted molar refractivity (Wildman–Crippen MR) is 119 cm³/mol. The summed E-state index contributed by atoms with van der Waals surface area (Å²) in [6, 6.07) is 14.6. The second kappa shape index (κ2) is 8.16. The number of methoxy groups -OCH3 is 1. The molecule has 0 spiro atoms. The van der Waals surface area contributed by atoms with E-state index in [1.165, 1.54) is 6.07 Å². The quantitative estimate of drug-likeness (QED) is 0.441. The van der Waals surface area contributed by atoms with E-state index in [9.17, 15) is 4.39 Å². The number of nitrogen functional groups attached to an aromatic ring is 1. The summed E-state index contributed by atoms with van der Waals surface area (Å²) >= 11 is 6.13. The highest BCUT2D eigenvalue weighted by molar-refractivity contribution is 6.33. The van der Waals surface area contributed by atoms with E-state index in [0.29, 0.717) is 23.4 Å². The van der Waals surface area contributed by atoms with Crippen LogP contribution in [0.25, 0.3) is 22.0 Å². The number of nitrogens with zero attached hydrogens (tertiary/aromatic N) is 3. The molecule has 0 fully saturated rings. The Bertz CT molecular complexity index is 1210. The Labute approximate surface area is 178 Å². The molecule has 0 unspecified atom stereocenters. The lowest BCUT2D eigenvalue weighted by Gasteiger charge is -2.19. The van der Waals surface area contributed by atoms with Crippen LogP contribution in [0, 0.1) is 5.82 Å². The highest BCUT2D eigenvalue weighted by Crippen LogP contribution is 2.33. The lowest BCUT2D eigenvalue weighted by molar-refractivity contribution is 0.414. The number of fused-ring (bicyclic) bond motifs is 1. The highest BCUT2D eigenvalue weighted by Gasteiger charge is 2.12. The van der Waals surface area contributed by atoms with Gasteiger partial charge in [-0.25, -0.2) is 9.37 Å². The normalized spacial score (nSPS) is 10.9. The molecule has 0 bridgehead atoms. The van der Waals surface area contributed by atoms with Crippen molar-refractivity contribution in [1.82, 2.24) is 9.97 Å². The van der Waals surface area contributed by atoms with E-state index in [2.05, 4.69) is 9.97 Å². The van der Waals surface area contributed by atoms with Gasteiger partial charge in [0.15, 0.2) is 0 Å². The van der Waals surface area contributed by atoms with Crippen molar-refractivity contribution in [3.05, 3.63) is 77.3 Å². The molecule has 4 aromatic rings. The molecular weight excluding hydrogens is 403 g/mol. The molecule has 152 valence electrons. The Balaban J connectivity index is 1.61. The summed E-state index contributed by atoms with van der Waals surface area (Å²) in [4.78, 5) is 11.1. The van der Waals surface area contributed by atoms with E-state index < -0.39 is 5.82 Å². The van der Waals surface area contributed by atoms with Crippen molar-refractivity contribution in [2.24, 2.45) is 0 Å². The Morgan fingerprint density at radius 1 is 1.07 bits per heavy atom. The molecular formula is C23H20ClFN4O. The van der Waals surface area contributed by atoms with Gasteiger partial charge >= 0.3 is 0 Å². The van der Waals surface area contributed by atoms with Gasteiger partial charge in [-0.3, -0.25) is 4.98 Å². The van der Waals surface area contributed by atoms with E-state index in [1.807, 2.05) is 48.3 Å². The maximum absolute atomic E-state index is 13.9. The lowest BCUT2D eigenvalue weighted by Crippen LogP contribution is -2.17. The van der Waals surface area contributed by atoms with Gasteiger partial charge < -0.3 is 15.4 Å². The third-order valence-electron chi connectivity index (χ3n) is 4.88. The van der Waals surface area contributed by atoms with Crippen molar-refractivity contribution in [2.45, 2.75) is 6.54 Å². The number of hydrogen-bond donors (Lipinski definition) is 1. The summed E-state index contributed by atoms with van der Waals surface area (Å²) in [5.41, 5.74) is 9.18. The van der Waals surface area contributed by atoms with Gasteiger partial charge in [-0.05, 0) is 35.9 Å². The summed E-state index contributed by atoms with van der Waals surface area (Å²) in [6.07, 6.45) is 3.41. The van der Waals surface area contributed by atoms with Gasteiger partial charge in [-0.1, -0.05) is 23.7 Å². The number of pyridine rings is 2. The van der Waals surface area contributed by atoms with Crippen molar-refractivity contribution in [3.8, 4) is 16.9 Å². The Hall–Kier alpha value is -3.38. The molecule has 5 nitrogen and oxygen atoms in total. The number of aromatic nitrogens is 2. The van der Waals surface area contributed by atoms with Crippen LogP contribution in [0.15, 0.2) is 60.9 Å². The van der Waals surface area contributed by atoms with Crippen LogP contribution in [0.5, 0.6) is 5.75 Å². The third-order valence-corrected chi connectivity index (χ3v) is 5.27. The molecule has 2 heterocycles. The first kappa shape index (κ1) is 19.9. The minimum Gasteiger partial charge on any atom is -0.497 e. The average molecular weight is 423 g/mol. The zero-order valence-electron chi connectivity index (χ0n) is 16.6. The van der Waals surface area contributed by atoms with Crippen LogP contribution in [0.4, 0.5) is 15.9 Å². The zero-order valence-corrected chi connectivity index (χ0v) is 17.3. The van der Waals surface area contributed by atoms with Crippen LogP contribution in [0.1, 0.15) is 5.56 Å². The van der Waals surface area contributed by atoms with Crippen LogP contribution in [-0.4, -0.2) is 24.1 Å². The SMILES string of the molecule is COc1ccc(CN(C)c2cc3ncc(-c4cc(N)cc(F)c4Cl)cc3cn2)cc1. The first-order valence-electron chi connectivity index (χ1n) is 9.29. The van der Waals surface area contributed by atoms with E-state index >= 15 is 0 Å². The Morgan fingerprint density at radius 2 is 1.83 bits per heavy atom. The molecule has 4 rings (SSSR count). The first-order chi connectivity index (χ1) is 14.4. The second-order valence-electron chi connectivity index (χ2n) is 7.03.